The molecule has 1 aliphatic heterocycles. The van der Waals surface area contributed by atoms with Gasteiger partial charge in [-0.3, -0.25) is 0 Å². The van der Waals surface area contributed by atoms with Gasteiger partial charge in [0, 0.05) is 31.7 Å². The van der Waals surface area contributed by atoms with Crippen LogP contribution in [0.15, 0.2) is 24.5 Å². The second kappa shape index (κ2) is 8.42. The minimum Gasteiger partial charge on any atom is -0.490 e. The van der Waals surface area contributed by atoms with Gasteiger partial charge >= 0.3 is 6.18 Å². The molecule has 1 saturated heterocycles. The summed E-state index contributed by atoms with van der Waals surface area (Å²) in [4.78, 5) is 11.4. The molecule has 172 valence electrons. The van der Waals surface area contributed by atoms with Crippen molar-refractivity contribution in [3.05, 3.63) is 29.5 Å². The maximum atomic E-state index is 12.4. The standard InChI is InChI=1S/C21H25F3N6OS/c1-13-25-10-17(32-13)29-11-14-5-6-15(12-29)18(14)26-20-27-19-16(4-2-8-30(19)28-20)31-9-3-7-21(22,23)24/h2,4,8,10,14-15,18H,3,5-7,9,11-12H2,1H3,(H,26,28)/t14-,15?,18-/m0/s1. The number of ether oxygens (including phenoxy) is 1. The van der Waals surface area contributed by atoms with Gasteiger partial charge in [0.2, 0.25) is 5.95 Å². The summed E-state index contributed by atoms with van der Waals surface area (Å²) in [7, 11) is 0. The first-order chi connectivity index (χ1) is 15.4. The predicted molar refractivity (Wildman–Crippen MR) is 116 cm³/mol. The highest BCUT2D eigenvalue weighted by atomic mass is 32.1. The van der Waals surface area contributed by atoms with Crippen LogP contribution in [0.2, 0.25) is 0 Å². The number of alkyl halides is 3. The summed E-state index contributed by atoms with van der Waals surface area (Å²) in [6.07, 6.45) is 0.930. The molecular formula is C21H25F3N6OS. The van der Waals surface area contributed by atoms with Crippen molar-refractivity contribution in [3.8, 4) is 5.75 Å². The van der Waals surface area contributed by atoms with Crippen LogP contribution in [0, 0.1) is 18.8 Å². The fraction of sp³-hybridized carbons (Fsp3) is 0.571. The molecule has 2 aliphatic rings. The molecule has 2 fully saturated rings. The molecule has 1 N–H and O–H groups in total. The molecule has 1 unspecified atom stereocenters. The summed E-state index contributed by atoms with van der Waals surface area (Å²) in [5, 5.41) is 10.4. The highest BCUT2D eigenvalue weighted by molar-refractivity contribution is 7.15. The second-order valence-corrected chi connectivity index (χ2v) is 9.75. The summed E-state index contributed by atoms with van der Waals surface area (Å²) in [6.45, 7) is 3.97. The molecule has 3 aromatic rings. The van der Waals surface area contributed by atoms with Crippen LogP contribution >= 0.6 is 11.3 Å². The van der Waals surface area contributed by atoms with Gasteiger partial charge in [0.05, 0.1) is 17.8 Å². The minimum absolute atomic E-state index is 0.0194. The fourth-order valence-corrected chi connectivity index (χ4v) is 5.59. The molecule has 2 bridgehead atoms. The zero-order valence-electron chi connectivity index (χ0n) is 17.7. The first-order valence-electron chi connectivity index (χ1n) is 10.8. The van der Waals surface area contributed by atoms with Crippen molar-refractivity contribution in [3.63, 3.8) is 0 Å². The van der Waals surface area contributed by atoms with Gasteiger partial charge in [-0.1, -0.05) is 0 Å². The average molecular weight is 467 g/mol. The van der Waals surface area contributed by atoms with Crippen molar-refractivity contribution in [2.45, 2.75) is 44.8 Å². The Morgan fingerprint density at radius 3 is 2.72 bits per heavy atom. The third-order valence-electron chi connectivity index (χ3n) is 6.24. The van der Waals surface area contributed by atoms with Crippen LogP contribution in [0.5, 0.6) is 5.75 Å². The lowest BCUT2D eigenvalue weighted by atomic mass is 9.92. The predicted octanol–water partition coefficient (Wildman–Crippen LogP) is 4.54. The number of nitrogens with zero attached hydrogens (tertiary/aromatic N) is 5. The Morgan fingerprint density at radius 1 is 1.25 bits per heavy atom. The Kier molecular flexibility index (Phi) is 5.60. The van der Waals surface area contributed by atoms with E-state index in [1.807, 2.05) is 13.1 Å². The molecule has 7 nitrogen and oxygen atoms in total. The molecule has 3 aromatic heterocycles. The third-order valence-corrected chi connectivity index (χ3v) is 7.21. The first-order valence-corrected chi connectivity index (χ1v) is 11.7. The molecule has 1 saturated carbocycles. The Morgan fingerprint density at radius 2 is 2.03 bits per heavy atom. The summed E-state index contributed by atoms with van der Waals surface area (Å²) in [6, 6.07) is 3.76. The molecule has 0 amide bonds. The van der Waals surface area contributed by atoms with E-state index in [9.17, 15) is 13.2 Å². The number of piperidine rings is 1. The number of thiazole rings is 1. The van der Waals surface area contributed by atoms with Crippen molar-refractivity contribution in [1.82, 2.24) is 19.6 Å². The molecule has 0 aromatic carbocycles. The minimum atomic E-state index is -4.17. The maximum absolute atomic E-state index is 12.4. The van der Waals surface area contributed by atoms with Crippen molar-refractivity contribution >= 4 is 27.9 Å². The lowest BCUT2D eigenvalue weighted by molar-refractivity contribution is -0.136. The van der Waals surface area contributed by atoms with E-state index in [-0.39, 0.29) is 13.0 Å². The summed E-state index contributed by atoms with van der Waals surface area (Å²) >= 11 is 1.74. The Hall–Kier alpha value is -2.56. The van der Waals surface area contributed by atoms with Gasteiger partial charge in [0.1, 0.15) is 5.00 Å². The largest absolute Gasteiger partial charge is 0.490 e. The SMILES string of the molecule is Cc1ncc(N2CC3CC[C@@H](C2)[C@@H]3Nc2nc3c(OCCCC(F)(F)F)cccn3n2)s1. The number of hydrogen-bond acceptors (Lipinski definition) is 7. The molecular weight excluding hydrogens is 441 g/mol. The maximum Gasteiger partial charge on any atom is 0.389 e. The van der Waals surface area contributed by atoms with Gasteiger partial charge in [-0.15, -0.1) is 16.4 Å². The van der Waals surface area contributed by atoms with Crippen molar-refractivity contribution in [2.24, 2.45) is 11.8 Å². The van der Waals surface area contributed by atoms with Crippen LogP contribution in [0.3, 0.4) is 0 Å². The van der Waals surface area contributed by atoms with Gasteiger partial charge in [-0.05, 0) is 50.2 Å². The van der Waals surface area contributed by atoms with E-state index >= 15 is 0 Å². The van der Waals surface area contributed by atoms with Crippen LogP contribution in [0.4, 0.5) is 24.1 Å². The van der Waals surface area contributed by atoms with E-state index in [1.54, 1.807) is 34.2 Å². The van der Waals surface area contributed by atoms with E-state index in [4.69, 9.17) is 4.74 Å². The van der Waals surface area contributed by atoms with Gasteiger partial charge in [-0.2, -0.15) is 18.2 Å². The van der Waals surface area contributed by atoms with E-state index in [2.05, 4.69) is 25.3 Å². The monoisotopic (exact) mass is 466 g/mol. The number of anilines is 2. The number of aromatic nitrogens is 4. The van der Waals surface area contributed by atoms with Gasteiger partial charge in [-0.25, -0.2) is 9.50 Å². The lowest BCUT2D eigenvalue weighted by Crippen LogP contribution is -2.48. The second-order valence-electron chi connectivity index (χ2n) is 8.53. The molecule has 3 atom stereocenters. The zero-order valence-corrected chi connectivity index (χ0v) is 18.5. The molecule has 4 heterocycles. The van der Waals surface area contributed by atoms with Gasteiger partial charge < -0.3 is 15.0 Å². The van der Waals surface area contributed by atoms with E-state index < -0.39 is 12.6 Å². The van der Waals surface area contributed by atoms with Crippen LogP contribution < -0.4 is 15.0 Å². The van der Waals surface area contributed by atoms with Crippen molar-refractivity contribution in [2.75, 3.05) is 29.9 Å². The Bertz CT molecular complexity index is 1070. The lowest BCUT2D eigenvalue weighted by Gasteiger charge is -2.38. The van der Waals surface area contributed by atoms with E-state index in [0.717, 1.165) is 30.9 Å². The van der Waals surface area contributed by atoms with E-state index in [0.29, 0.717) is 35.2 Å². The Balaban J connectivity index is 1.25. The fourth-order valence-electron chi connectivity index (χ4n) is 4.79. The summed E-state index contributed by atoms with van der Waals surface area (Å²) < 4.78 is 44.2. The number of nitrogens with one attached hydrogen (secondary N) is 1. The summed E-state index contributed by atoms with van der Waals surface area (Å²) in [5.74, 6) is 1.97. The molecule has 5 rings (SSSR count). The van der Waals surface area contributed by atoms with E-state index in [1.165, 1.54) is 5.00 Å². The van der Waals surface area contributed by atoms with Gasteiger partial charge in [0.15, 0.2) is 11.4 Å². The number of rotatable bonds is 7. The van der Waals surface area contributed by atoms with Crippen LogP contribution in [-0.2, 0) is 0 Å². The number of hydrogen-bond donors (Lipinski definition) is 1. The molecule has 1 aliphatic carbocycles. The highest BCUT2D eigenvalue weighted by Crippen LogP contribution is 2.41. The summed E-state index contributed by atoms with van der Waals surface area (Å²) in [5.41, 5.74) is 0.506. The van der Waals surface area contributed by atoms with Crippen LogP contribution in [0.25, 0.3) is 5.65 Å². The molecule has 0 spiro atoms. The van der Waals surface area contributed by atoms with Crippen LogP contribution in [-0.4, -0.2) is 51.5 Å². The van der Waals surface area contributed by atoms with Crippen LogP contribution in [0.1, 0.15) is 30.7 Å². The number of fused-ring (bicyclic) bond motifs is 3. The number of pyridine rings is 1. The smallest absolute Gasteiger partial charge is 0.389 e. The normalized spacial score (nSPS) is 23.1. The average Bonchev–Trinajstić information content (AvgIpc) is 3.41. The Labute approximate surface area is 187 Å². The highest BCUT2D eigenvalue weighted by Gasteiger charge is 2.43. The third kappa shape index (κ3) is 4.48. The molecule has 0 radical (unpaired) electrons. The number of halogens is 3. The first kappa shape index (κ1) is 21.3. The molecule has 11 heteroatoms. The van der Waals surface area contributed by atoms with Crippen molar-refractivity contribution < 1.29 is 17.9 Å². The quantitative estimate of drug-likeness (QED) is 0.516. The zero-order chi connectivity index (χ0) is 22.3. The van der Waals surface area contributed by atoms with Crippen molar-refractivity contribution in [1.29, 1.82) is 0 Å². The topological polar surface area (TPSA) is 67.6 Å². The molecule has 32 heavy (non-hydrogen) atoms. The number of aryl methyl sites for hydroxylation is 1. The van der Waals surface area contributed by atoms with Gasteiger partial charge in [0.25, 0.3) is 0 Å².